The normalized spacial score (nSPS) is 11.7. The highest BCUT2D eigenvalue weighted by Gasteiger charge is 2.22. The van der Waals surface area contributed by atoms with Gasteiger partial charge in [-0.05, 0) is 26.2 Å². The lowest BCUT2D eigenvalue weighted by Gasteiger charge is -2.25. The maximum atomic E-state index is 10.4. The largest absolute Gasteiger partial charge is 0.444 e. The zero-order valence-electron chi connectivity index (χ0n) is 7.68. The average molecular weight is 159 g/mol. The number of rotatable bonds is 3. The monoisotopic (exact) mass is 159 g/mol. The van der Waals surface area contributed by atoms with Crippen molar-refractivity contribution in [2.45, 2.75) is 39.7 Å². The van der Waals surface area contributed by atoms with Crippen LogP contribution in [0.4, 0.5) is 4.79 Å². The van der Waals surface area contributed by atoms with E-state index in [1.165, 1.54) is 0 Å². The Bertz CT molecular complexity index is 141. The van der Waals surface area contributed by atoms with E-state index in [1.807, 2.05) is 13.8 Å². The van der Waals surface area contributed by atoms with Crippen LogP contribution in [0.1, 0.15) is 34.1 Å². The van der Waals surface area contributed by atoms with Crippen LogP contribution in [0.15, 0.2) is 0 Å². The molecule has 0 aliphatic carbocycles. The third kappa shape index (κ3) is 5.70. The molecular weight excluding hydrogens is 142 g/mol. The van der Waals surface area contributed by atoms with Gasteiger partial charge >= 0.3 is 6.09 Å². The van der Waals surface area contributed by atoms with Gasteiger partial charge in [0.1, 0.15) is 5.60 Å². The summed E-state index contributed by atoms with van der Waals surface area (Å²) in [5.74, 6) is 0.504. The lowest BCUT2D eigenvalue weighted by Crippen LogP contribution is -2.32. The third-order valence-corrected chi connectivity index (χ3v) is 1.28. The van der Waals surface area contributed by atoms with Gasteiger partial charge in [-0.1, -0.05) is 13.8 Å². The van der Waals surface area contributed by atoms with Crippen LogP contribution in [0.2, 0.25) is 0 Å². The van der Waals surface area contributed by atoms with Crippen molar-refractivity contribution in [3.05, 3.63) is 0 Å². The second kappa shape index (κ2) is 3.60. The highest BCUT2D eigenvalue weighted by atomic mass is 16.6. The Hall–Kier alpha value is -0.730. The number of hydrogen-bond donors (Lipinski definition) is 1. The molecule has 3 nitrogen and oxygen atoms in total. The Balaban J connectivity index is 3.89. The summed E-state index contributed by atoms with van der Waals surface area (Å²) in [7, 11) is 0. The molecule has 0 bridgehead atoms. The summed E-state index contributed by atoms with van der Waals surface area (Å²) in [6, 6.07) is 0. The number of primary amides is 1. The number of nitrogens with two attached hydrogens (primary N) is 1. The Morgan fingerprint density at radius 2 is 2.00 bits per heavy atom. The first-order valence-electron chi connectivity index (χ1n) is 3.82. The first-order valence-corrected chi connectivity index (χ1v) is 3.82. The van der Waals surface area contributed by atoms with Crippen molar-refractivity contribution in [3.63, 3.8) is 0 Å². The molecule has 2 N–H and O–H groups in total. The second-order valence-corrected chi connectivity index (χ2v) is 3.78. The zero-order valence-corrected chi connectivity index (χ0v) is 7.68. The van der Waals surface area contributed by atoms with E-state index in [1.54, 1.807) is 0 Å². The van der Waals surface area contributed by atoms with Gasteiger partial charge in [0.05, 0.1) is 0 Å². The van der Waals surface area contributed by atoms with Gasteiger partial charge in [0.25, 0.3) is 0 Å². The molecule has 0 heterocycles. The van der Waals surface area contributed by atoms with Crippen molar-refractivity contribution in [3.8, 4) is 0 Å². The minimum Gasteiger partial charge on any atom is -0.444 e. The van der Waals surface area contributed by atoms with Crippen molar-refractivity contribution < 1.29 is 9.53 Å². The van der Waals surface area contributed by atoms with Crippen LogP contribution in [0.5, 0.6) is 0 Å². The molecule has 0 aromatic heterocycles. The Morgan fingerprint density at radius 1 is 1.55 bits per heavy atom. The maximum Gasteiger partial charge on any atom is 0.405 e. The van der Waals surface area contributed by atoms with Gasteiger partial charge in [0, 0.05) is 0 Å². The zero-order chi connectivity index (χ0) is 9.07. The van der Waals surface area contributed by atoms with Crippen molar-refractivity contribution in [2.24, 2.45) is 11.7 Å². The molecule has 1 amide bonds. The average Bonchev–Trinajstić information content (AvgIpc) is 1.53. The standard InChI is InChI=1S/C8H17NO2/c1-6(2)5-8(3,4)11-7(9)10/h6H,5H2,1-4H3,(H2,9,10). The van der Waals surface area contributed by atoms with E-state index in [9.17, 15) is 4.79 Å². The lowest BCUT2D eigenvalue weighted by atomic mass is 9.96. The molecule has 0 rings (SSSR count). The maximum absolute atomic E-state index is 10.4. The van der Waals surface area contributed by atoms with Gasteiger partial charge in [-0.3, -0.25) is 0 Å². The van der Waals surface area contributed by atoms with Gasteiger partial charge in [0.2, 0.25) is 0 Å². The van der Waals surface area contributed by atoms with E-state index < -0.39 is 11.7 Å². The van der Waals surface area contributed by atoms with E-state index in [0.717, 1.165) is 6.42 Å². The minimum absolute atomic E-state index is 0.431. The SMILES string of the molecule is CC(C)CC(C)(C)OC(N)=O. The summed E-state index contributed by atoms with van der Waals surface area (Å²) in [5.41, 5.74) is 4.46. The van der Waals surface area contributed by atoms with E-state index in [4.69, 9.17) is 10.5 Å². The van der Waals surface area contributed by atoms with Gasteiger partial charge in [-0.15, -0.1) is 0 Å². The second-order valence-electron chi connectivity index (χ2n) is 3.78. The molecule has 3 heteroatoms. The van der Waals surface area contributed by atoms with Gasteiger partial charge < -0.3 is 10.5 Å². The number of carbonyl (C=O) groups is 1. The van der Waals surface area contributed by atoms with Crippen LogP contribution in [0, 0.1) is 5.92 Å². The molecule has 0 aromatic carbocycles. The number of hydrogen-bond acceptors (Lipinski definition) is 2. The van der Waals surface area contributed by atoms with Crippen LogP contribution < -0.4 is 5.73 Å². The first-order chi connectivity index (χ1) is 4.83. The fourth-order valence-corrected chi connectivity index (χ4v) is 1.30. The van der Waals surface area contributed by atoms with Crippen molar-refractivity contribution in [1.82, 2.24) is 0 Å². The van der Waals surface area contributed by atoms with E-state index in [-0.39, 0.29) is 0 Å². The molecule has 11 heavy (non-hydrogen) atoms. The fraction of sp³-hybridized carbons (Fsp3) is 0.875. The summed E-state index contributed by atoms with van der Waals surface area (Å²) in [6.45, 7) is 7.87. The Morgan fingerprint density at radius 3 is 2.27 bits per heavy atom. The fourth-order valence-electron chi connectivity index (χ4n) is 1.30. The van der Waals surface area contributed by atoms with Gasteiger partial charge in [0.15, 0.2) is 0 Å². The quantitative estimate of drug-likeness (QED) is 0.683. The molecule has 0 fully saturated rings. The summed E-state index contributed by atoms with van der Waals surface area (Å²) < 4.78 is 4.89. The summed E-state index contributed by atoms with van der Waals surface area (Å²) >= 11 is 0. The van der Waals surface area contributed by atoms with Crippen molar-refractivity contribution in [1.29, 1.82) is 0 Å². The minimum atomic E-state index is -0.698. The van der Waals surface area contributed by atoms with Crippen molar-refractivity contribution in [2.75, 3.05) is 0 Å². The highest BCUT2D eigenvalue weighted by molar-refractivity contribution is 5.65. The van der Waals surface area contributed by atoms with Crippen LogP contribution in [0.3, 0.4) is 0 Å². The number of ether oxygens (including phenoxy) is 1. The molecular formula is C8H17NO2. The lowest BCUT2D eigenvalue weighted by molar-refractivity contribution is 0.0301. The molecule has 0 saturated heterocycles. The summed E-state index contributed by atoms with van der Waals surface area (Å²) in [4.78, 5) is 10.4. The molecule has 0 radical (unpaired) electrons. The molecule has 0 aliphatic heterocycles. The van der Waals surface area contributed by atoms with Crippen LogP contribution in [-0.4, -0.2) is 11.7 Å². The Labute approximate surface area is 67.9 Å². The molecule has 0 atom stereocenters. The summed E-state index contributed by atoms with van der Waals surface area (Å²) in [5, 5.41) is 0. The van der Waals surface area contributed by atoms with Crippen molar-refractivity contribution >= 4 is 6.09 Å². The number of carbonyl (C=O) groups excluding carboxylic acids is 1. The third-order valence-electron chi connectivity index (χ3n) is 1.28. The predicted octanol–water partition coefficient (Wildman–Crippen LogP) is 1.91. The molecule has 0 aliphatic rings. The molecule has 66 valence electrons. The molecule has 0 aromatic rings. The summed E-state index contributed by atoms with van der Waals surface area (Å²) in [6.07, 6.45) is 0.131. The molecule has 0 unspecified atom stereocenters. The van der Waals surface area contributed by atoms with Crippen LogP contribution >= 0.6 is 0 Å². The Kier molecular flexibility index (Phi) is 3.36. The van der Waals surface area contributed by atoms with Crippen LogP contribution in [-0.2, 0) is 4.74 Å². The molecule has 0 spiro atoms. The van der Waals surface area contributed by atoms with E-state index in [0.29, 0.717) is 5.92 Å². The molecule has 0 saturated carbocycles. The topological polar surface area (TPSA) is 52.3 Å². The highest BCUT2D eigenvalue weighted by Crippen LogP contribution is 2.19. The predicted molar refractivity (Wildman–Crippen MR) is 44.2 cm³/mol. The first kappa shape index (κ1) is 10.3. The van der Waals surface area contributed by atoms with E-state index >= 15 is 0 Å². The van der Waals surface area contributed by atoms with Gasteiger partial charge in [-0.25, -0.2) is 4.79 Å². The smallest absolute Gasteiger partial charge is 0.405 e. The van der Waals surface area contributed by atoms with Crippen LogP contribution in [0.25, 0.3) is 0 Å². The van der Waals surface area contributed by atoms with E-state index in [2.05, 4.69) is 13.8 Å². The number of amides is 1. The van der Waals surface area contributed by atoms with Gasteiger partial charge in [-0.2, -0.15) is 0 Å².